The van der Waals surface area contributed by atoms with Crippen LogP contribution in [0.4, 0.5) is 0 Å². The van der Waals surface area contributed by atoms with Gasteiger partial charge in [0.25, 0.3) is 0 Å². The van der Waals surface area contributed by atoms with Crippen molar-refractivity contribution in [1.82, 2.24) is 9.21 Å². The summed E-state index contributed by atoms with van der Waals surface area (Å²) in [4.78, 5) is 14.7. The van der Waals surface area contributed by atoms with Gasteiger partial charge in [0.1, 0.15) is 0 Å². The highest BCUT2D eigenvalue weighted by Crippen LogP contribution is 2.39. The first-order valence-corrected chi connectivity index (χ1v) is 11.3. The molecule has 0 aromatic heterocycles. The molecule has 1 heterocycles. The lowest BCUT2D eigenvalue weighted by Crippen LogP contribution is -2.51. The van der Waals surface area contributed by atoms with Crippen LogP contribution in [0.5, 0.6) is 0 Å². The number of hydrogen-bond acceptors (Lipinski definition) is 3. The Hall–Kier alpha value is -1.40. The first-order chi connectivity index (χ1) is 12.4. The average molecular weight is 393 g/mol. The summed E-state index contributed by atoms with van der Waals surface area (Å²) in [7, 11) is -3.55. The molecule has 1 aromatic carbocycles. The Morgan fingerprint density at radius 1 is 1.04 bits per heavy atom. The second-order valence-corrected chi connectivity index (χ2v) is 11.1. The summed E-state index contributed by atoms with van der Waals surface area (Å²) in [5.74, 6) is 0.829. The third-order valence-corrected chi connectivity index (χ3v) is 8.11. The second-order valence-electron chi connectivity index (χ2n) is 9.24. The quantitative estimate of drug-likeness (QED) is 0.794. The SMILES string of the molecule is Cc1cc(C(C)(C)C)cc(C)c1S(=O)(=O)N1CCN(C(=O)[C@@H]2C[C@H]2C)CC1. The number of carbonyl (C=O) groups excluding carboxylic acids is 1. The summed E-state index contributed by atoms with van der Waals surface area (Å²) < 4.78 is 28.1. The van der Waals surface area contributed by atoms with Crippen LogP contribution in [0.15, 0.2) is 17.0 Å². The summed E-state index contributed by atoms with van der Waals surface area (Å²) in [5.41, 5.74) is 2.71. The Balaban J connectivity index is 1.79. The van der Waals surface area contributed by atoms with Crippen LogP contribution in [0.1, 0.15) is 50.8 Å². The summed E-state index contributed by atoms with van der Waals surface area (Å²) in [6, 6.07) is 3.99. The van der Waals surface area contributed by atoms with Gasteiger partial charge < -0.3 is 4.90 Å². The van der Waals surface area contributed by atoms with Crippen molar-refractivity contribution >= 4 is 15.9 Å². The molecule has 2 atom stereocenters. The maximum atomic E-state index is 13.3. The Labute approximate surface area is 163 Å². The molecule has 27 heavy (non-hydrogen) atoms. The van der Waals surface area contributed by atoms with Crippen molar-refractivity contribution in [2.75, 3.05) is 26.2 Å². The van der Waals surface area contributed by atoms with Gasteiger partial charge in [0.05, 0.1) is 4.90 Å². The fraction of sp³-hybridized carbons (Fsp3) is 0.667. The largest absolute Gasteiger partial charge is 0.340 e. The standard InChI is InChI=1S/C21H32N2O3S/c1-14-13-18(14)20(24)22-7-9-23(10-8-22)27(25,26)19-15(2)11-17(12-16(19)3)21(4,5)6/h11-12,14,18H,7-10,13H2,1-6H3/t14-,18-/m1/s1. The molecule has 2 fully saturated rings. The van der Waals surface area contributed by atoms with E-state index >= 15 is 0 Å². The number of hydrogen-bond donors (Lipinski definition) is 0. The molecule has 5 nitrogen and oxygen atoms in total. The van der Waals surface area contributed by atoms with Crippen molar-refractivity contribution in [3.05, 3.63) is 28.8 Å². The predicted octanol–water partition coefficient (Wildman–Crippen LogP) is 3.09. The van der Waals surface area contributed by atoms with E-state index in [-0.39, 0.29) is 17.2 Å². The molecule has 0 spiro atoms. The predicted molar refractivity (Wildman–Crippen MR) is 107 cm³/mol. The molecule has 1 saturated carbocycles. The van der Waals surface area contributed by atoms with Crippen LogP contribution in [0, 0.1) is 25.7 Å². The van der Waals surface area contributed by atoms with E-state index in [0.29, 0.717) is 37.0 Å². The molecule has 0 radical (unpaired) electrons. The van der Waals surface area contributed by atoms with Crippen LogP contribution in [0.25, 0.3) is 0 Å². The summed E-state index contributed by atoms with van der Waals surface area (Å²) in [6.45, 7) is 14.0. The second kappa shape index (κ2) is 6.89. The van der Waals surface area contributed by atoms with E-state index in [1.54, 1.807) is 4.31 Å². The zero-order valence-corrected chi connectivity index (χ0v) is 18.2. The molecule has 0 N–H and O–H groups in total. The normalized spacial score (nSPS) is 24.1. The van der Waals surface area contributed by atoms with E-state index in [1.807, 2.05) is 30.9 Å². The summed E-state index contributed by atoms with van der Waals surface area (Å²) in [6.07, 6.45) is 0.968. The number of aryl methyl sites for hydroxylation is 2. The molecule has 0 bridgehead atoms. The number of rotatable bonds is 3. The van der Waals surface area contributed by atoms with Crippen LogP contribution in [-0.2, 0) is 20.2 Å². The van der Waals surface area contributed by atoms with Crippen LogP contribution in [0.2, 0.25) is 0 Å². The smallest absolute Gasteiger partial charge is 0.243 e. The van der Waals surface area contributed by atoms with Crippen molar-refractivity contribution in [1.29, 1.82) is 0 Å². The molecule has 1 amide bonds. The maximum Gasteiger partial charge on any atom is 0.243 e. The fourth-order valence-electron chi connectivity index (χ4n) is 3.97. The molecule has 0 unspecified atom stereocenters. The van der Waals surface area contributed by atoms with Gasteiger partial charge in [0.15, 0.2) is 0 Å². The molecule has 2 aliphatic rings. The van der Waals surface area contributed by atoms with E-state index in [9.17, 15) is 13.2 Å². The lowest BCUT2D eigenvalue weighted by Gasteiger charge is -2.35. The third kappa shape index (κ3) is 3.92. The van der Waals surface area contributed by atoms with Gasteiger partial charge in [-0.15, -0.1) is 0 Å². The topological polar surface area (TPSA) is 57.7 Å². The Morgan fingerprint density at radius 2 is 1.52 bits per heavy atom. The Bertz CT molecular complexity index is 824. The Morgan fingerprint density at radius 3 is 1.93 bits per heavy atom. The van der Waals surface area contributed by atoms with Gasteiger partial charge in [-0.05, 0) is 48.3 Å². The first kappa shape index (κ1) is 20.3. The highest BCUT2D eigenvalue weighted by Gasteiger charge is 2.42. The molecule has 150 valence electrons. The zero-order chi connectivity index (χ0) is 20.1. The molecule has 3 rings (SSSR count). The van der Waals surface area contributed by atoms with Crippen molar-refractivity contribution in [3.8, 4) is 0 Å². The minimum Gasteiger partial charge on any atom is -0.340 e. The maximum absolute atomic E-state index is 13.3. The lowest BCUT2D eigenvalue weighted by molar-refractivity contribution is -0.134. The molecule has 1 saturated heterocycles. The highest BCUT2D eigenvalue weighted by atomic mass is 32.2. The zero-order valence-electron chi connectivity index (χ0n) is 17.4. The molecule has 1 aliphatic heterocycles. The molecule has 1 aromatic rings. The van der Waals surface area contributed by atoms with Gasteiger partial charge >= 0.3 is 0 Å². The van der Waals surface area contributed by atoms with Crippen LogP contribution >= 0.6 is 0 Å². The molecular weight excluding hydrogens is 360 g/mol. The number of sulfonamides is 1. The van der Waals surface area contributed by atoms with E-state index in [0.717, 1.165) is 23.1 Å². The van der Waals surface area contributed by atoms with Crippen LogP contribution in [0.3, 0.4) is 0 Å². The highest BCUT2D eigenvalue weighted by molar-refractivity contribution is 7.89. The van der Waals surface area contributed by atoms with Crippen molar-refractivity contribution < 1.29 is 13.2 Å². The number of amides is 1. The number of benzene rings is 1. The molecule has 6 heteroatoms. The average Bonchev–Trinajstić information content (AvgIpc) is 3.29. The summed E-state index contributed by atoms with van der Waals surface area (Å²) in [5, 5.41) is 0. The van der Waals surface area contributed by atoms with Gasteiger partial charge in [-0.25, -0.2) is 8.42 Å². The van der Waals surface area contributed by atoms with Gasteiger partial charge in [-0.2, -0.15) is 4.31 Å². The van der Waals surface area contributed by atoms with Crippen molar-refractivity contribution in [2.45, 2.75) is 58.3 Å². The third-order valence-electron chi connectivity index (χ3n) is 5.90. The fourth-order valence-corrected chi connectivity index (χ4v) is 5.80. The van der Waals surface area contributed by atoms with Gasteiger partial charge in [-0.1, -0.05) is 39.8 Å². The number of carbonyl (C=O) groups is 1. The van der Waals surface area contributed by atoms with Crippen LogP contribution < -0.4 is 0 Å². The number of nitrogens with zero attached hydrogens (tertiary/aromatic N) is 2. The lowest BCUT2D eigenvalue weighted by atomic mass is 9.85. The Kier molecular flexibility index (Phi) is 5.19. The van der Waals surface area contributed by atoms with Gasteiger partial charge in [0, 0.05) is 32.1 Å². The van der Waals surface area contributed by atoms with Crippen LogP contribution in [-0.4, -0.2) is 49.7 Å². The minimum atomic E-state index is -3.55. The monoisotopic (exact) mass is 392 g/mol. The van der Waals surface area contributed by atoms with Gasteiger partial charge in [0.2, 0.25) is 15.9 Å². The van der Waals surface area contributed by atoms with Gasteiger partial charge in [-0.3, -0.25) is 4.79 Å². The molecule has 1 aliphatic carbocycles. The van der Waals surface area contributed by atoms with E-state index in [2.05, 4.69) is 27.7 Å². The number of piperazine rings is 1. The van der Waals surface area contributed by atoms with Crippen molar-refractivity contribution in [3.63, 3.8) is 0 Å². The minimum absolute atomic E-state index is 0.0241. The summed E-state index contributed by atoms with van der Waals surface area (Å²) >= 11 is 0. The van der Waals surface area contributed by atoms with Crippen molar-refractivity contribution in [2.24, 2.45) is 11.8 Å². The first-order valence-electron chi connectivity index (χ1n) is 9.83. The van der Waals surface area contributed by atoms with E-state index in [1.165, 1.54) is 0 Å². The van der Waals surface area contributed by atoms with E-state index in [4.69, 9.17) is 0 Å². The molecular formula is C21H32N2O3S. The van der Waals surface area contributed by atoms with E-state index < -0.39 is 10.0 Å².